The van der Waals surface area contributed by atoms with Crippen LogP contribution < -0.4 is 0 Å². The van der Waals surface area contributed by atoms with Crippen molar-refractivity contribution in [2.24, 2.45) is 0 Å². The molecule has 1 aliphatic carbocycles. The van der Waals surface area contributed by atoms with Gasteiger partial charge in [-0.1, -0.05) is 152 Å². The normalized spacial score (nSPS) is 13.7. The van der Waals surface area contributed by atoms with Gasteiger partial charge in [-0.2, -0.15) is 0 Å². The largest absolute Gasteiger partial charge is 0.458 e. The van der Waals surface area contributed by atoms with Gasteiger partial charge in [0.1, 0.15) is 22.7 Å². The van der Waals surface area contributed by atoms with Crippen molar-refractivity contribution in [2.75, 3.05) is 0 Å². The van der Waals surface area contributed by atoms with Crippen molar-refractivity contribution in [3.8, 4) is 56.4 Å². The maximum absolute atomic E-state index is 6.56. The Bertz CT molecular complexity index is 2890. The topological polar surface area (TPSA) is 61.0 Å². The first kappa shape index (κ1) is 34.8. The summed E-state index contributed by atoms with van der Waals surface area (Å²) in [5.74, 6) is 3.26. The molecule has 1 aliphatic rings. The SMILES string of the molecule is C=C(OC1=CC(c2ccc3oc4cccc(-c5nc(-c6ccccc6)nc(-c6ccccc6)n5)c4c3c2)CC=C1)c1cc(-c2ccccc2)cc(-c2ccccc2)c1. The Morgan fingerprint density at radius 2 is 1.10 bits per heavy atom. The van der Waals surface area contributed by atoms with Crippen molar-refractivity contribution in [1.82, 2.24) is 15.0 Å². The number of ether oxygens (including phenoxy) is 1. The van der Waals surface area contributed by atoms with E-state index in [1.165, 1.54) is 0 Å². The summed E-state index contributed by atoms with van der Waals surface area (Å²) in [6.07, 6.45) is 7.25. The van der Waals surface area contributed by atoms with Crippen LogP contribution >= 0.6 is 0 Å². The Kier molecular flexibility index (Phi) is 9.09. The second-order valence-corrected chi connectivity index (χ2v) is 14.4. The highest BCUT2D eigenvalue weighted by Gasteiger charge is 2.21. The Hall–Kier alpha value is -7.63. The molecule has 1 unspecified atom stereocenters. The fourth-order valence-corrected chi connectivity index (χ4v) is 7.73. The predicted molar refractivity (Wildman–Crippen MR) is 235 cm³/mol. The molecule has 0 saturated carbocycles. The molecule has 0 aliphatic heterocycles. The average Bonchev–Trinajstić information content (AvgIpc) is 3.68. The van der Waals surface area contributed by atoms with E-state index < -0.39 is 0 Å². The number of hydrogen-bond acceptors (Lipinski definition) is 5. The van der Waals surface area contributed by atoms with Crippen LogP contribution in [0.4, 0.5) is 0 Å². The number of fused-ring (bicyclic) bond motifs is 3. The van der Waals surface area contributed by atoms with E-state index in [-0.39, 0.29) is 5.92 Å². The smallest absolute Gasteiger partial charge is 0.164 e. The molecule has 5 nitrogen and oxygen atoms in total. The van der Waals surface area contributed by atoms with E-state index in [1.807, 2.05) is 91.0 Å². The van der Waals surface area contributed by atoms with Crippen molar-refractivity contribution < 1.29 is 9.15 Å². The molecule has 10 rings (SSSR count). The van der Waals surface area contributed by atoms with Gasteiger partial charge in [-0.15, -0.1) is 0 Å². The zero-order chi connectivity index (χ0) is 38.8. The Balaban J connectivity index is 1.00. The lowest BCUT2D eigenvalue weighted by Crippen LogP contribution is -2.02. The van der Waals surface area contributed by atoms with Gasteiger partial charge < -0.3 is 9.15 Å². The summed E-state index contributed by atoms with van der Waals surface area (Å²) in [6, 6.07) is 60.0. The summed E-state index contributed by atoms with van der Waals surface area (Å²) in [7, 11) is 0. The van der Waals surface area contributed by atoms with Crippen molar-refractivity contribution in [3.63, 3.8) is 0 Å². The van der Waals surface area contributed by atoms with E-state index in [0.29, 0.717) is 23.2 Å². The van der Waals surface area contributed by atoms with E-state index in [1.54, 1.807) is 0 Å². The first-order chi connectivity index (χ1) is 28.6. The van der Waals surface area contributed by atoms with Gasteiger partial charge in [-0.25, -0.2) is 15.0 Å². The van der Waals surface area contributed by atoms with Gasteiger partial charge in [0, 0.05) is 38.9 Å². The van der Waals surface area contributed by atoms with Gasteiger partial charge in [-0.3, -0.25) is 0 Å². The number of aromatic nitrogens is 3. The standard InChI is InChI=1S/C53H37N3O2/c1-35(42-30-43(36-16-6-2-7-17-36)32-44(31-42)37-18-8-3-9-19-37)57-45-25-14-24-40(33-45)41-28-29-48-47(34-41)50-46(26-15-27-49(50)58-48)53-55-51(38-20-10-4-11-21-38)54-52(56-53)39-22-12-5-13-23-39/h2-23,25-34,40H,1,24H2. The number of furan rings is 1. The first-order valence-electron chi connectivity index (χ1n) is 19.5. The van der Waals surface area contributed by atoms with Crippen molar-refractivity contribution >= 4 is 27.7 Å². The number of benzene rings is 7. The molecular formula is C53H37N3O2. The van der Waals surface area contributed by atoms with E-state index in [2.05, 4.69) is 110 Å². The predicted octanol–water partition coefficient (Wildman–Crippen LogP) is 13.7. The molecule has 0 spiro atoms. The summed E-state index contributed by atoms with van der Waals surface area (Å²) in [5.41, 5.74) is 10.9. The van der Waals surface area contributed by atoms with Crippen molar-refractivity contribution in [3.05, 3.63) is 218 Å². The summed E-state index contributed by atoms with van der Waals surface area (Å²) < 4.78 is 13.0. The summed E-state index contributed by atoms with van der Waals surface area (Å²) in [5, 5.41) is 1.98. The van der Waals surface area contributed by atoms with Crippen LogP contribution in [0.25, 0.3) is 84.1 Å². The second kappa shape index (κ2) is 15.1. The van der Waals surface area contributed by atoms with Gasteiger partial charge >= 0.3 is 0 Å². The van der Waals surface area contributed by atoms with Gasteiger partial charge in [0.2, 0.25) is 0 Å². The third kappa shape index (κ3) is 6.91. The summed E-state index contributed by atoms with van der Waals surface area (Å²) in [6.45, 7) is 4.42. The maximum atomic E-state index is 6.56. The van der Waals surface area contributed by atoms with Crippen LogP contribution in [0.3, 0.4) is 0 Å². The van der Waals surface area contributed by atoms with Gasteiger partial charge in [0.25, 0.3) is 0 Å². The van der Waals surface area contributed by atoms with Crippen LogP contribution in [0.2, 0.25) is 0 Å². The zero-order valence-corrected chi connectivity index (χ0v) is 31.6. The maximum Gasteiger partial charge on any atom is 0.164 e. The van der Waals surface area contributed by atoms with Crippen LogP contribution in [-0.2, 0) is 4.74 Å². The molecule has 0 fully saturated rings. The molecule has 9 aromatic rings. The van der Waals surface area contributed by atoms with E-state index in [4.69, 9.17) is 24.1 Å². The lowest BCUT2D eigenvalue weighted by Gasteiger charge is -2.19. The molecule has 58 heavy (non-hydrogen) atoms. The number of allylic oxidation sites excluding steroid dienone is 3. The lowest BCUT2D eigenvalue weighted by atomic mass is 9.90. The summed E-state index contributed by atoms with van der Waals surface area (Å²) >= 11 is 0. The number of hydrogen-bond donors (Lipinski definition) is 0. The van der Waals surface area contributed by atoms with Gasteiger partial charge in [0.05, 0.1) is 0 Å². The van der Waals surface area contributed by atoms with Crippen LogP contribution in [0, 0.1) is 0 Å². The van der Waals surface area contributed by atoms with Gasteiger partial charge in [0.15, 0.2) is 17.5 Å². The highest BCUT2D eigenvalue weighted by molar-refractivity contribution is 6.12. The molecule has 0 amide bonds. The monoisotopic (exact) mass is 747 g/mol. The first-order valence-corrected chi connectivity index (χ1v) is 19.5. The number of nitrogens with zero attached hydrogens (tertiary/aromatic N) is 3. The minimum Gasteiger partial charge on any atom is -0.458 e. The van der Waals surface area contributed by atoms with E-state index in [0.717, 1.165) is 84.2 Å². The molecule has 0 saturated heterocycles. The molecule has 5 heteroatoms. The molecular weight excluding hydrogens is 711 g/mol. The fraction of sp³-hybridized carbons (Fsp3) is 0.0377. The van der Waals surface area contributed by atoms with Crippen molar-refractivity contribution in [2.45, 2.75) is 12.3 Å². The molecule has 0 N–H and O–H groups in total. The second-order valence-electron chi connectivity index (χ2n) is 14.4. The van der Waals surface area contributed by atoms with Crippen LogP contribution in [0.1, 0.15) is 23.5 Å². The van der Waals surface area contributed by atoms with E-state index >= 15 is 0 Å². The third-order valence-electron chi connectivity index (χ3n) is 10.6. The Morgan fingerprint density at radius 3 is 1.71 bits per heavy atom. The average molecular weight is 748 g/mol. The molecule has 2 aromatic heterocycles. The zero-order valence-electron chi connectivity index (χ0n) is 31.6. The van der Waals surface area contributed by atoms with Crippen molar-refractivity contribution in [1.29, 1.82) is 0 Å². The highest BCUT2D eigenvalue weighted by atomic mass is 16.5. The molecule has 0 bridgehead atoms. The highest BCUT2D eigenvalue weighted by Crippen LogP contribution is 2.40. The Labute approximate surface area is 337 Å². The van der Waals surface area contributed by atoms with Crippen LogP contribution in [-0.4, -0.2) is 15.0 Å². The van der Waals surface area contributed by atoms with Crippen LogP contribution in [0.15, 0.2) is 211 Å². The Morgan fingerprint density at radius 1 is 0.534 bits per heavy atom. The quantitative estimate of drug-likeness (QED) is 0.138. The molecule has 0 radical (unpaired) electrons. The van der Waals surface area contributed by atoms with Crippen LogP contribution in [0.5, 0.6) is 0 Å². The lowest BCUT2D eigenvalue weighted by molar-refractivity contribution is 0.395. The molecule has 7 aromatic carbocycles. The van der Waals surface area contributed by atoms with Gasteiger partial charge in [-0.05, 0) is 82.8 Å². The minimum atomic E-state index is 0.0800. The van der Waals surface area contributed by atoms with E-state index in [9.17, 15) is 0 Å². The molecule has 2 heterocycles. The third-order valence-corrected chi connectivity index (χ3v) is 10.6. The molecule has 276 valence electrons. The molecule has 1 atom stereocenters. The summed E-state index contributed by atoms with van der Waals surface area (Å²) in [4.78, 5) is 15.0. The minimum absolute atomic E-state index is 0.0800. The fourth-order valence-electron chi connectivity index (χ4n) is 7.73. The number of rotatable bonds is 9.